The van der Waals surface area contributed by atoms with Gasteiger partial charge in [-0.1, -0.05) is 6.92 Å². The topological polar surface area (TPSA) is 56.7 Å². The molecule has 0 saturated heterocycles. The molecule has 2 aromatic rings. The lowest BCUT2D eigenvalue weighted by molar-refractivity contribution is 0.533. The van der Waals surface area contributed by atoms with E-state index in [0.717, 1.165) is 17.5 Å². The lowest BCUT2D eigenvalue weighted by Gasteiger charge is -2.14. The van der Waals surface area contributed by atoms with Crippen LogP contribution >= 0.6 is 0 Å². The minimum absolute atomic E-state index is 0.436. The fourth-order valence-electron chi connectivity index (χ4n) is 2.17. The van der Waals surface area contributed by atoms with Crippen LogP contribution in [0.2, 0.25) is 0 Å². The lowest BCUT2D eigenvalue weighted by atomic mass is 10.2. The molecule has 0 aliphatic heterocycles. The van der Waals surface area contributed by atoms with Gasteiger partial charge in [-0.2, -0.15) is 0 Å². The third-order valence-electron chi connectivity index (χ3n) is 3.40. The number of aryl methyl sites for hydroxylation is 1. The zero-order valence-corrected chi connectivity index (χ0v) is 10.3. The van der Waals surface area contributed by atoms with E-state index in [4.69, 9.17) is 5.73 Å². The van der Waals surface area contributed by atoms with Gasteiger partial charge in [-0.05, 0) is 32.8 Å². The Hall–Kier alpha value is -1.58. The molecule has 1 unspecified atom stereocenters. The maximum absolute atomic E-state index is 5.92. The van der Waals surface area contributed by atoms with Gasteiger partial charge < -0.3 is 10.3 Å². The van der Waals surface area contributed by atoms with E-state index in [2.05, 4.69) is 42.2 Å². The molecule has 1 atom stereocenters. The van der Waals surface area contributed by atoms with E-state index in [9.17, 15) is 0 Å². The van der Waals surface area contributed by atoms with Crippen LogP contribution in [0.15, 0.2) is 6.33 Å². The van der Waals surface area contributed by atoms with E-state index in [1.165, 1.54) is 17.6 Å². The van der Waals surface area contributed by atoms with Crippen LogP contribution in [0.4, 0.5) is 5.82 Å². The van der Waals surface area contributed by atoms with E-state index in [0.29, 0.717) is 11.9 Å². The monoisotopic (exact) mass is 218 g/mol. The first-order valence-corrected chi connectivity index (χ1v) is 5.65. The summed E-state index contributed by atoms with van der Waals surface area (Å²) in [6.45, 7) is 8.57. The van der Waals surface area contributed by atoms with Crippen molar-refractivity contribution in [3.8, 4) is 0 Å². The predicted molar refractivity (Wildman–Crippen MR) is 66.4 cm³/mol. The summed E-state index contributed by atoms with van der Waals surface area (Å²) >= 11 is 0. The summed E-state index contributed by atoms with van der Waals surface area (Å²) in [5.74, 6) is 0.577. The number of nitrogens with two attached hydrogens (primary N) is 1. The summed E-state index contributed by atoms with van der Waals surface area (Å²) in [5.41, 5.74) is 9.29. The van der Waals surface area contributed by atoms with Crippen LogP contribution < -0.4 is 5.73 Å². The largest absolute Gasteiger partial charge is 0.383 e. The number of fused-ring (bicyclic) bond motifs is 1. The third kappa shape index (κ3) is 1.37. The highest BCUT2D eigenvalue weighted by molar-refractivity contribution is 5.90. The summed E-state index contributed by atoms with van der Waals surface area (Å²) in [4.78, 5) is 8.43. The highest BCUT2D eigenvalue weighted by Gasteiger charge is 2.17. The number of hydrogen-bond acceptors (Lipinski definition) is 3. The van der Waals surface area contributed by atoms with Crippen LogP contribution in [0.25, 0.3) is 11.0 Å². The molecule has 2 rings (SSSR count). The quantitative estimate of drug-likeness (QED) is 0.843. The molecule has 4 nitrogen and oxygen atoms in total. The first kappa shape index (κ1) is 10.9. The van der Waals surface area contributed by atoms with Gasteiger partial charge in [-0.15, -0.1) is 0 Å². The molecule has 0 fully saturated rings. The Bertz CT molecular complexity index is 527. The van der Waals surface area contributed by atoms with E-state index in [-0.39, 0.29) is 0 Å². The molecule has 16 heavy (non-hydrogen) atoms. The molecule has 0 radical (unpaired) electrons. The third-order valence-corrected chi connectivity index (χ3v) is 3.40. The highest BCUT2D eigenvalue weighted by atomic mass is 15.1. The Labute approximate surface area is 95.5 Å². The fraction of sp³-hybridized carbons (Fsp3) is 0.500. The van der Waals surface area contributed by atoms with Crippen molar-refractivity contribution in [1.29, 1.82) is 0 Å². The van der Waals surface area contributed by atoms with Crippen LogP contribution in [0.3, 0.4) is 0 Å². The maximum atomic E-state index is 5.92. The molecule has 0 amide bonds. The minimum Gasteiger partial charge on any atom is -0.383 e. The zero-order chi connectivity index (χ0) is 11.9. The Morgan fingerprint density at radius 1 is 1.38 bits per heavy atom. The Morgan fingerprint density at radius 2 is 2.06 bits per heavy atom. The molecule has 86 valence electrons. The van der Waals surface area contributed by atoms with Crippen molar-refractivity contribution < 1.29 is 0 Å². The fourth-order valence-corrected chi connectivity index (χ4v) is 2.17. The molecule has 0 saturated carbocycles. The van der Waals surface area contributed by atoms with Crippen molar-refractivity contribution in [2.45, 2.75) is 40.2 Å². The predicted octanol–water partition coefficient (Wildman–Crippen LogP) is 2.60. The van der Waals surface area contributed by atoms with E-state index < -0.39 is 0 Å². The van der Waals surface area contributed by atoms with E-state index in [1.807, 2.05) is 0 Å². The Kier molecular flexibility index (Phi) is 2.58. The SMILES string of the molecule is CCC(C)n1c(C)c(C)c2c(N)ncnc21. The second-order valence-corrected chi connectivity index (χ2v) is 4.30. The van der Waals surface area contributed by atoms with Gasteiger partial charge in [0.05, 0.1) is 5.39 Å². The standard InChI is InChI=1S/C12H18N4/c1-5-7(2)16-9(4)8(3)10-11(13)14-6-15-12(10)16/h6-7H,5H2,1-4H3,(H2,13,14,15). The second kappa shape index (κ2) is 3.77. The maximum Gasteiger partial charge on any atom is 0.146 e. The normalized spacial score (nSPS) is 13.2. The summed E-state index contributed by atoms with van der Waals surface area (Å²) < 4.78 is 2.25. The van der Waals surface area contributed by atoms with Gasteiger partial charge in [0.25, 0.3) is 0 Å². The van der Waals surface area contributed by atoms with Crippen molar-refractivity contribution in [2.24, 2.45) is 0 Å². The molecular weight excluding hydrogens is 200 g/mol. The van der Waals surface area contributed by atoms with Gasteiger partial charge in [0, 0.05) is 11.7 Å². The molecule has 0 aliphatic carbocycles. The number of hydrogen-bond donors (Lipinski definition) is 1. The molecule has 2 N–H and O–H groups in total. The van der Waals surface area contributed by atoms with Crippen LogP contribution in [0.1, 0.15) is 37.6 Å². The molecule has 0 aliphatic rings. The molecule has 0 aromatic carbocycles. The van der Waals surface area contributed by atoms with E-state index in [1.54, 1.807) is 0 Å². The molecular formula is C12H18N4. The lowest BCUT2D eigenvalue weighted by Crippen LogP contribution is -2.06. The smallest absolute Gasteiger partial charge is 0.146 e. The number of nitrogens with zero attached hydrogens (tertiary/aromatic N) is 3. The molecule has 2 heterocycles. The second-order valence-electron chi connectivity index (χ2n) is 4.30. The highest BCUT2D eigenvalue weighted by Crippen LogP contribution is 2.30. The molecule has 4 heteroatoms. The number of rotatable bonds is 2. The van der Waals surface area contributed by atoms with Crippen molar-refractivity contribution in [3.05, 3.63) is 17.6 Å². The average molecular weight is 218 g/mol. The van der Waals surface area contributed by atoms with E-state index >= 15 is 0 Å². The summed E-state index contributed by atoms with van der Waals surface area (Å²) in [5, 5.41) is 1.00. The van der Waals surface area contributed by atoms with Crippen molar-refractivity contribution >= 4 is 16.9 Å². The molecule has 0 bridgehead atoms. The van der Waals surface area contributed by atoms with Gasteiger partial charge in [0.15, 0.2) is 0 Å². The Balaban J connectivity index is 2.84. The van der Waals surface area contributed by atoms with Crippen LogP contribution in [-0.4, -0.2) is 14.5 Å². The van der Waals surface area contributed by atoms with Gasteiger partial charge in [-0.3, -0.25) is 0 Å². The van der Waals surface area contributed by atoms with Crippen LogP contribution in [0.5, 0.6) is 0 Å². The van der Waals surface area contributed by atoms with Crippen molar-refractivity contribution in [1.82, 2.24) is 14.5 Å². The number of nitrogen functional groups attached to an aromatic ring is 1. The van der Waals surface area contributed by atoms with Gasteiger partial charge >= 0.3 is 0 Å². The number of aromatic nitrogens is 3. The molecule has 0 spiro atoms. The first-order valence-electron chi connectivity index (χ1n) is 5.65. The zero-order valence-electron chi connectivity index (χ0n) is 10.3. The van der Waals surface area contributed by atoms with Crippen molar-refractivity contribution in [2.75, 3.05) is 5.73 Å². The van der Waals surface area contributed by atoms with Gasteiger partial charge in [0.2, 0.25) is 0 Å². The number of anilines is 1. The summed E-state index contributed by atoms with van der Waals surface area (Å²) in [6.07, 6.45) is 2.61. The first-order chi connectivity index (χ1) is 7.57. The van der Waals surface area contributed by atoms with Gasteiger partial charge in [-0.25, -0.2) is 9.97 Å². The average Bonchev–Trinajstić information content (AvgIpc) is 2.52. The summed E-state index contributed by atoms with van der Waals surface area (Å²) in [7, 11) is 0. The van der Waals surface area contributed by atoms with Crippen LogP contribution in [-0.2, 0) is 0 Å². The minimum atomic E-state index is 0.436. The van der Waals surface area contributed by atoms with Crippen molar-refractivity contribution in [3.63, 3.8) is 0 Å². The molecule has 2 aromatic heterocycles. The Morgan fingerprint density at radius 3 is 2.69 bits per heavy atom. The van der Waals surface area contributed by atoms with Crippen LogP contribution in [0, 0.1) is 13.8 Å². The summed E-state index contributed by atoms with van der Waals surface area (Å²) in [6, 6.07) is 0.436. The van der Waals surface area contributed by atoms with Gasteiger partial charge in [0.1, 0.15) is 17.8 Å².